The molecule has 0 saturated heterocycles. The van der Waals surface area contributed by atoms with E-state index in [1.165, 1.54) is 164 Å². The Bertz CT molecular complexity index is 745. The van der Waals surface area contributed by atoms with Gasteiger partial charge in [0.05, 0.1) is 0 Å². The van der Waals surface area contributed by atoms with Gasteiger partial charge in [0.25, 0.3) is 0 Å². The summed E-state index contributed by atoms with van der Waals surface area (Å²) in [5, 5.41) is 2.74. The highest BCUT2D eigenvalue weighted by Crippen LogP contribution is 2.26. The van der Waals surface area contributed by atoms with Crippen molar-refractivity contribution in [3.63, 3.8) is 0 Å². The molecule has 0 nitrogen and oxygen atoms in total. The Morgan fingerprint density at radius 3 is 1.28 bits per heavy atom. The van der Waals surface area contributed by atoms with Gasteiger partial charge in [0.1, 0.15) is 0 Å². The molecule has 204 valence electrons. The lowest BCUT2D eigenvalue weighted by Gasteiger charge is -2.13. The molecule has 1 atom stereocenters. The summed E-state index contributed by atoms with van der Waals surface area (Å²) in [7, 11) is 0. The normalized spacial score (nSPS) is 12.4. The quantitative estimate of drug-likeness (QED) is 0.128. The number of unbranched alkanes of at least 4 members (excludes halogenated alkanes) is 21. The second-order valence-corrected chi connectivity index (χ2v) is 11.7. The third-order valence-corrected chi connectivity index (χ3v) is 8.33. The van der Waals surface area contributed by atoms with Gasteiger partial charge in [-0.15, -0.1) is 0 Å². The van der Waals surface area contributed by atoms with Gasteiger partial charge < -0.3 is 0 Å². The Hall–Kier alpha value is -1.30. The van der Waals surface area contributed by atoms with Crippen LogP contribution < -0.4 is 0 Å². The first-order valence-electron chi connectivity index (χ1n) is 16.3. The molecule has 0 saturated carbocycles. The Morgan fingerprint density at radius 2 is 0.833 bits per heavy atom. The summed E-state index contributed by atoms with van der Waals surface area (Å²) in [6.07, 6.45) is 33.4. The maximum atomic E-state index is 2.40. The molecule has 36 heavy (non-hydrogen) atoms. The van der Waals surface area contributed by atoms with Crippen molar-refractivity contribution in [3.05, 3.63) is 48.0 Å². The average molecular weight is 493 g/mol. The van der Waals surface area contributed by atoms with E-state index in [4.69, 9.17) is 0 Å². The Balaban J connectivity index is 1.28. The third-order valence-electron chi connectivity index (χ3n) is 8.33. The van der Waals surface area contributed by atoms with E-state index in [0.29, 0.717) is 5.92 Å². The van der Waals surface area contributed by atoms with Gasteiger partial charge in [-0.3, -0.25) is 0 Å². The van der Waals surface area contributed by atoms with Crippen LogP contribution in [0.4, 0.5) is 0 Å². The Morgan fingerprint density at radius 1 is 0.444 bits per heavy atom. The minimum atomic E-state index is 0.680. The standard InChI is InChI=1S/C36H60/c1-3-4-5-6-7-8-9-10-11-12-13-14-15-16-17-18-19-20-21-22-23-24-27-33(2)35-31-30-34-28-25-26-29-36(34)32-35/h25-26,28-33H,3-24,27H2,1-2H3. The number of rotatable bonds is 24. The molecule has 0 spiro atoms. The number of hydrogen-bond acceptors (Lipinski definition) is 0. The van der Waals surface area contributed by atoms with E-state index in [0.717, 1.165) is 0 Å². The van der Waals surface area contributed by atoms with Crippen molar-refractivity contribution < 1.29 is 0 Å². The van der Waals surface area contributed by atoms with Crippen LogP contribution in [0.25, 0.3) is 10.8 Å². The van der Waals surface area contributed by atoms with Crippen LogP contribution in [-0.4, -0.2) is 0 Å². The summed E-state index contributed by atoms with van der Waals surface area (Å²) in [5.74, 6) is 0.680. The molecule has 0 fully saturated rings. The van der Waals surface area contributed by atoms with Crippen LogP contribution in [0.1, 0.15) is 173 Å². The first kappa shape index (κ1) is 30.9. The highest BCUT2D eigenvalue weighted by atomic mass is 14.1. The zero-order valence-electron chi connectivity index (χ0n) is 24.4. The minimum Gasteiger partial charge on any atom is -0.0654 e. The van der Waals surface area contributed by atoms with Gasteiger partial charge in [0, 0.05) is 0 Å². The molecule has 0 aromatic heterocycles. The van der Waals surface area contributed by atoms with Crippen molar-refractivity contribution in [2.45, 2.75) is 167 Å². The highest BCUT2D eigenvalue weighted by Gasteiger charge is 2.06. The molecule has 2 aromatic carbocycles. The van der Waals surface area contributed by atoms with E-state index in [1.54, 1.807) is 0 Å². The minimum absolute atomic E-state index is 0.680. The lowest BCUT2D eigenvalue weighted by molar-refractivity contribution is 0.515. The van der Waals surface area contributed by atoms with Crippen LogP contribution >= 0.6 is 0 Å². The molecule has 0 heterocycles. The molecule has 0 aliphatic heterocycles. The predicted molar refractivity (Wildman–Crippen MR) is 164 cm³/mol. The molecule has 0 radical (unpaired) electrons. The van der Waals surface area contributed by atoms with E-state index < -0.39 is 0 Å². The lowest BCUT2D eigenvalue weighted by atomic mass is 9.93. The lowest BCUT2D eigenvalue weighted by Crippen LogP contribution is -1.94. The SMILES string of the molecule is CCCCCCCCCCCCCCCCCCCCCCCCC(C)c1ccc2ccccc2c1. The zero-order chi connectivity index (χ0) is 25.5. The van der Waals surface area contributed by atoms with Gasteiger partial charge in [0.15, 0.2) is 0 Å². The van der Waals surface area contributed by atoms with Crippen LogP contribution in [-0.2, 0) is 0 Å². The first-order chi connectivity index (χ1) is 17.8. The molecular formula is C36H60. The summed E-state index contributed by atoms with van der Waals surface area (Å²) in [6, 6.07) is 15.8. The number of fused-ring (bicyclic) bond motifs is 1. The van der Waals surface area contributed by atoms with Crippen LogP contribution in [0.5, 0.6) is 0 Å². The fourth-order valence-electron chi connectivity index (χ4n) is 5.74. The number of hydrogen-bond donors (Lipinski definition) is 0. The molecule has 0 bridgehead atoms. The smallest absolute Gasteiger partial charge is 0.0181 e. The number of benzene rings is 2. The summed E-state index contributed by atoms with van der Waals surface area (Å²) in [5.41, 5.74) is 1.51. The Kier molecular flexibility index (Phi) is 18.7. The van der Waals surface area contributed by atoms with Crippen molar-refractivity contribution >= 4 is 10.8 Å². The van der Waals surface area contributed by atoms with Gasteiger partial charge in [-0.2, -0.15) is 0 Å². The topological polar surface area (TPSA) is 0 Å². The first-order valence-corrected chi connectivity index (χ1v) is 16.3. The van der Waals surface area contributed by atoms with Crippen LogP contribution in [0, 0.1) is 0 Å². The predicted octanol–water partition coefficient (Wildman–Crippen LogP) is 12.9. The van der Waals surface area contributed by atoms with Crippen LogP contribution in [0.15, 0.2) is 42.5 Å². The van der Waals surface area contributed by atoms with E-state index in [-0.39, 0.29) is 0 Å². The van der Waals surface area contributed by atoms with E-state index in [1.807, 2.05) is 0 Å². The molecule has 0 N–H and O–H groups in total. The van der Waals surface area contributed by atoms with Crippen molar-refractivity contribution in [2.75, 3.05) is 0 Å². The molecule has 0 heteroatoms. The molecule has 1 unspecified atom stereocenters. The fraction of sp³-hybridized carbons (Fsp3) is 0.722. The second-order valence-electron chi connectivity index (χ2n) is 11.7. The Labute approximate surface area is 226 Å². The molecular weight excluding hydrogens is 432 g/mol. The third kappa shape index (κ3) is 15.1. The van der Waals surface area contributed by atoms with Crippen LogP contribution in [0.3, 0.4) is 0 Å². The molecule has 0 aliphatic rings. The summed E-state index contributed by atoms with van der Waals surface area (Å²) >= 11 is 0. The zero-order valence-corrected chi connectivity index (χ0v) is 24.4. The summed E-state index contributed by atoms with van der Waals surface area (Å²) in [4.78, 5) is 0. The summed E-state index contributed by atoms with van der Waals surface area (Å²) in [6.45, 7) is 4.71. The van der Waals surface area contributed by atoms with E-state index in [2.05, 4.69) is 56.3 Å². The molecule has 2 aromatic rings. The van der Waals surface area contributed by atoms with Gasteiger partial charge in [-0.05, 0) is 28.7 Å². The molecule has 2 rings (SSSR count). The summed E-state index contributed by atoms with van der Waals surface area (Å²) < 4.78 is 0. The maximum absolute atomic E-state index is 2.40. The van der Waals surface area contributed by atoms with Crippen molar-refractivity contribution in [1.29, 1.82) is 0 Å². The van der Waals surface area contributed by atoms with Crippen LogP contribution in [0.2, 0.25) is 0 Å². The van der Waals surface area contributed by atoms with Gasteiger partial charge in [-0.25, -0.2) is 0 Å². The van der Waals surface area contributed by atoms with Gasteiger partial charge in [-0.1, -0.05) is 198 Å². The maximum Gasteiger partial charge on any atom is -0.0181 e. The molecule has 0 aliphatic carbocycles. The molecule has 0 amide bonds. The van der Waals surface area contributed by atoms with Crippen molar-refractivity contribution in [1.82, 2.24) is 0 Å². The van der Waals surface area contributed by atoms with Gasteiger partial charge >= 0.3 is 0 Å². The highest BCUT2D eigenvalue weighted by molar-refractivity contribution is 5.83. The average Bonchev–Trinajstić information content (AvgIpc) is 2.91. The second kappa shape index (κ2) is 21.8. The largest absolute Gasteiger partial charge is 0.0654 e. The van der Waals surface area contributed by atoms with Crippen molar-refractivity contribution in [3.8, 4) is 0 Å². The van der Waals surface area contributed by atoms with E-state index >= 15 is 0 Å². The van der Waals surface area contributed by atoms with Crippen molar-refractivity contribution in [2.24, 2.45) is 0 Å². The monoisotopic (exact) mass is 492 g/mol. The fourth-order valence-corrected chi connectivity index (χ4v) is 5.74. The van der Waals surface area contributed by atoms with Gasteiger partial charge in [0.2, 0.25) is 0 Å². The van der Waals surface area contributed by atoms with E-state index in [9.17, 15) is 0 Å².